The Labute approximate surface area is 174 Å². The van der Waals surface area contributed by atoms with Gasteiger partial charge in [-0.05, 0) is 24.3 Å². The van der Waals surface area contributed by atoms with E-state index in [1.807, 2.05) is 19.3 Å². The number of aliphatic imine (C=N–C) groups is 1. The third-order valence-corrected chi connectivity index (χ3v) is 5.00. The van der Waals surface area contributed by atoms with Gasteiger partial charge >= 0.3 is 0 Å². The molecule has 2 saturated heterocycles. The number of anilines is 1. The molecule has 1 N–H and O–H groups in total. The molecule has 1 aromatic rings. The summed E-state index contributed by atoms with van der Waals surface area (Å²) in [5.41, 5.74) is 1.21. The van der Waals surface area contributed by atoms with Gasteiger partial charge in [0.1, 0.15) is 5.82 Å². The predicted octanol–water partition coefficient (Wildman–Crippen LogP) is 2.59. The minimum Gasteiger partial charge on any atom is -0.378 e. The number of pyridine rings is 1. The van der Waals surface area contributed by atoms with Crippen molar-refractivity contribution in [3.63, 3.8) is 0 Å². The summed E-state index contributed by atoms with van der Waals surface area (Å²) in [6.45, 7) is 10.9. The number of ether oxygens (including phenoxy) is 1. The van der Waals surface area contributed by atoms with Crippen molar-refractivity contribution in [2.24, 2.45) is 16.8 Å². The van der Waals surface area contributed by atoms with Crippen molar-refractivity contribution in [1.82, 2.24) is 15.2 Å². The van der Waals surface area contributed by atoms with Crippen molar-refractivity contribution in [3.8, 4) is 0 Å². The molecule has 26 heavy (non-hydrogen) atoms. The van der Waals surface area contributed by atoms with Crippen LogP contribution >= 0.6 is 24.0 Å². The van der Waals surface area contributed by atoms with E-state index in [9.17, 15) is 0 Å². The van der Waals surface area contributed by atoms with Crippen LogP contribution in [0.1, 0.15) is 25.8 Å². The third-order valence-electron chi connectivity index (χ3n) is 5.00. The monoisotopic (exact) mass is 473 g/mol. The first-order chi connectivity index (χ1) is 12.2. The Bertz CT molecular complexity index is 581. The molecule has 0 spiro atoms. The number of piperidine rings is 1. The SMILES string of the molecule is CN=C(NCc1cccnc1N1CCOCC1)N1CC(C)CC(C)C1.I. The molecule has 3 rings (SSSR count). The zero-order valence-electron chi connectivity index (χ0n) is 16.1. The van der Waals surface area contributed by atoms with Crippen molar-refractivity contribution < 1.29 is 4.74 Å². The summed E-state index contributed by atoms with van der Waals surface area (Å²) in [4.78, 5) is 13.8. The Balaban J connectivity index is 0.00000243. The Morgan fingerprint density at radius 3 is 2.62 bits per heavy atom. The fourth-order valence-electron chi connectivity index (χ4n) is 3.97. The fraction of sp³-hybridized carbons (Fsp3) is 0.684. The average Bonchev–Trinajstić information content (AvgIpc) is 2.62. The lowest BCUT2D eigenvalue weighted by Gasteiger charge is -2.37. The third kappa shape index (κ3) is 5.45. The Morgan fingerprint density at radius 2 is 1.96 bits per heavy atom. The van der Waals surface area contributed by atoms with Gasteiger partial charge in [-0.15, -0.1) is 24.0 Å². The van der Waals surface area contributed by atoms with Gasteiger partial charge in [0.15, 0.2) is 5.96 Å². The highest BCUT2D eigenvalue weighted by molar-refractivity contribution is 14.0. The molecule has 3 heterocycles. The Hall–Kier alpha value is -1.09. The standard InChI is InChI=1S/C19H31N5O.HI/c1-15-11-16(2)14-24(13-15)19(20-3)22-12-17-5-4-6-21-18(17)23-7-9-25-10-8-23;/h4-6,15-16H,7-14H2,1-3H3,(H,20,22);1H. The molecule has 2 unspecified atom stereocenters. The van der Waals surface area contributed by atoms with Crippen molar-refractivity contribution in [3.05, 3.63) is 23.9 Å². The van der Waals surface area contributed by atoms with Gasteiger partial charge in [-0.3, -0.25) is 4.99 Å². The van der Waals surface area contributed by atoms with Crippen LogP contribution < -0.4 is 10.2 Å². The molecule has 0 aliphatic carbocycles. The van der Waals surface area contributed by atoms with E-state index in [4.69, 9.17) is 4.74 Å². The summed E-state index contributed by atoms with van der Waals surface area (Å²) in [6.07, 6.45) is 3.17. The van der Waals surface area contributed by atoms with E-state index >= 15 is 0 Å². The van der Waals surface area contributed by atoms with E-state index in [1.165, 1.54) is 12.0 Å². The number of rotatable bonds is 3. The highest BCUT2D eigenvalue weighted by atomic mass is 127. The second-order valence-corrected chi connectivity index (χ2v) is 7.34. The van der Waals surface area contributed by atoms with Crippen molar-refractivity contribution in [2.75, 3.05) is 51.3 Å². The lowest BCUT2D eigenvalue weighted by molar-refractivity contribution is 0.122. The summed E-state index contributed by atoms with van der Waals surface area (Å²) in [5, 5.41) is 3.55. The maximum absolute atomic E-state index is 5.47. The summed E-state index contributed by atoms with van der Waals surface area (Å²) in [6, 6.07) is 4.16. The molecule has 2 aliphatic heterocycles. The molecular formula is C19H32IN5O. The molecule has 0 radical (unpaired) electrons. The summed E-state index contributed by atoms with van der Waals surface area (Å²) < 4.78 is 5.47. The number of morpholine rings is 1. The first-order valence-corrected chi connectivity index (χ1v) is 9.39. The molecule has 2 atom stereocenters. The van der Waals surface area contributed by atoms with Gasteiger partial charge < -0.3 is 19.9 Å². The molecule has 6 nitrogen and oxygen atoms in total. The summed E-state index contributed by atoms with van der Waals surface area (Å²) in [5.74, 6) is 3.48. The van der Waals surface area contributed by atoms with Crippen LogP contribution in [0, 0.1) is 11.8 Å². The van der Waals surface area contributed by atoms with Crippen molar-refractivity contribution >= 4 is 35.8 Å². The fourth-order valence-corrected chi connectivity index (χ4v) is 3.97. The second kappa shape index (κ2) is 10.3. The topological polar surface area (TPSA) is 53.0 Å². The number of hydrogen-bond donors (Lipinski definition) is 1. The van der Waals surface area contributed by atoms with Gasteiger partial charge in [0.2, 0.25) is 0 Å². The maximum atomic E-state index is 5.47. The minimum absolute atomic E-state index is 0. The van der Waals surface area contributed by atoms with Gasteiger partial charge in [-0.2, -0.15) is 0 Å². The lowest BCUT2D eigenvalue weighted by Crippen LogP contribution is -2.48. The number of hydrogen-bond acceptors (Lipinski definition) is 4. The van der Waals surface area contributed by atoms with Gasteiger partial charge in [-0.25, -0.2) is 4.98 Å². The second-order valence-electron chi connectivity index (χ2n) is 7.34. The molecule has 7 heteroatoms. The molecule has 0 bridgehead atoms. The molecule has 0 aromatic carbocycles. The quantitative estimate of drug-likeness (QED) is 0.416. The van der Waals surface area contributed by atoms with Crippen LogP contribution in [0.4, 0.5) is 5.82 Å². The highest BCUT2D eigenvalue weighted by Crippen LogP contribution is 2.22. The molecular weight excluding hydrogens is 441 g/mol. The van der Waals surface area contributed by atoms with Crippen LogP contribution in [0.15, 0.2) is 23.3 Å². The van der Waals surface area contributed by atoms with Crippen LogP contribution in [-0.4, -0.2) is 62.3 Å². The van der Waals surface area contributed by atoms with Gasteiger partial charge in [0.25, 0.3) is 0 Å². The number of nitrogens with one attached hydrogen (secondary N) is 1. The van der Waals surface area contributed by atoms with E-state index in [0.717, 1.165) is 57.7 Å². The molecule has 0 amide bonds. The van der Waals surface area contributed by atoms with Crippen LogP contribution in [0.25, 0.3) is 0 Å². The van der Waals surface area contributed by atoms with E-state index in [-0.39, 0.29) is 24.0 Å². The van der Waals surface area contributed by atoms with E-state index in [1.54, 1.807) is 0 Å². The van der Waals surface area contributed by atoms with Gasteiger partial charge in [0, 0.05) is 51.5 Å². The van der Waals surface area contributed by atoms with Crippen LogP contribution in [-0.2, 0) is 11.3 Å². The summed E-state index contributed by atoms with van der Waals surface area (Å²) >= 11 is 0. The van der Waals surface area contributed by atoms with E-state index in [2.05, 4.69) is 45.0 Å². The smallest absolute Gasteiger partial charge is 0.193 e. The molecule has 0 saturated carbocycles. The number of nitrogens with zero attached hydrogens (tertiary/aromatic N) is 4. The molecule has 2 aliphatic rings. The number of guanidine groups is 1. The van der Waals surface area contributed by atoms with Gasteiger partial charge in [-0.1, -0.05) is 19.9 Å². The number of aromatic nitrogens is 1. The average molecular weight is 473 g/mol. The Morgan fingerprint density at radius 1 is 1.27 bits per heavy atom. The van der Waals surface area contributed by atoms with Gasteiger partial charge in [0.05, 0.1) is 13.2 Å². The summed E-state index contributed by atoms with van der Waals surface area (Å²) in [7, 11) is 1.87. The predicted molar refractivity (Wildman–Crippen MR) is 117 cm³/mol. The first kappa shape index (κ1) is 21.2. The van der Waals surface area contributed by atoms with E-state index in [0.29, 0.717) is 11.8 Å². The largest absolute Gasteiger partial charge is 0.378 e. The number of halogens is 1. The Kier molecular flexibility index (Phi) is 8.40. The van der Waals surface area contributed by atoms with Crippen LogP contribution in [0.5, 0.6) is 0 Å². The highest BCUT2D eigenvalue weighted by Gasteiger charge is 2.24. The number of likely N-dealkylation sites (tertiary alicyclic amines) is 1. The maximum Gasteiger partial charge on any atom is 0.193 e. The molecule has 1 aromatic heterocycles. The molecule has 2 fully saturated rings. The zero-order valence-corrected chi connectivity index (χ0v) is 18.5. The normalized spacial score (nSPS) is 24.2. The first-order valence-electron chi connectivity index (χ1n) is 9.39. The lowest BCUT2D eigenvalue weighted by atomic mass is 9.92. The van der Waals surface area contributed by atoms with Crippen molar-refractivity contribution in [2.45, 2.75) is 26.8 Å². The van der Waals surface area contributed by atoms with Crippen LogP contribution in [0.3, 0.4) is 0 Å². The zero-order chi connectivity index (χ0) is 17.6. The van der Waals surface area contributed by atoms with Crippen molar-refractivity contribution in [1.29, 1.82) is 0 Å². The van der Waals surface area contributed by atoms with E-state index < -0.39 is 0 Å². The van der Waals surface area contributed by atoms with Crippen LogP contribution in [0.2, 0.25) is 0 Å². The minimum atomic E-state index is 0. The molecule has 146 valence electrons.